The summed E-state index contributed by atoms with van der Waals surface area (Å²) in [6.07, 6.45) is 1.95. The highest BCUT2D eigenvalue weighted by Crippen LogP contribution is 2.28. The predicted octanol–water partition coefficient (Wildman–Crippen LogP) is 3.06. The molecule has 5 heterocycles. The van der Waals surface area contributed by atoms with Gasteiger partial charge in [-0.05, 0) is 68.5 Å². The number of carbonyl (C=O) groups is 3. The zero-order valence-corrected chi connectivity index (χ0v) is 27.4. The highest BCUT2D eigenvalue weighted by atomic mass is 16.6. The first-order valence-electron chi connectivity index (χ1n) is 16.9. The largest absolute Gasteiger partial charge is 0.436 e. The van der Waals surface area contributed by atoms with Crippen molar-refractivity contribution in [2.24, 2.45) is 0 Å². The van der Waals surface area contributed by atoms with Gasteiger partial charge in [0.05, 0.1) is 0 Å². The van der Waals surface area contributed by atoms with Gasteiger partial charge >= 0.3 is 12.1 Å². The molecular weight excluding hydrogens is 598 g/mol. The van der Waals surface area contributed by atoms with Gasteiger partial charge in [-0.15, -0.1) is 0 Å². The summed E-state index contributed by atoms with van der Waals surface area (Å²) in [5, 5.41) is 14.1. The molecule has 0 radical (unpaired) electrons. The van der Waals surface area contributed by atoms with E-state index in [1.165, 1.54) is 0 Å². The number of likely N-dealkylation sites (N-methyl/N-ethyl adjacent to an activating group) is 1. The number of anilines is 1. The quantitative estimate of drug-likeness (QED) is 0.420. The fourth-order valence-corrected chi connectivity index (χ4v) is 7.62. The number of nitrogens with zero attached hydrogens (tertiary/aromatic N) is 7. The molecule has 3 aromatic rings. The van der Waals surface area contributed by atoms with E-state index in [-0.39, 0.29) is 24.4 Å². The first-order chi connectivity index (χ1) is 22.8. The minimum absolute atomic E-state index is 0.0172. The molecule has 1 atom stereocenters. The molecule has 13 nitrogen and oxygen atoms in total. The number of H-pyrrole nitrogens is 1. The van der Waals surface area contributed by atoms with Crippen LogP contribution in [-0.4, -0.2) is 136 Å². The van der Waals surface area contributed by atoms with Crippen LogP contribution >= 0.6 is 0 Å². The number of piperidine rings is 2. The minimum atomic E-state index is -0.950. The molecule has 3 fully saturated rings. The monoisotopic (exact) mass is 643 g/mol. The van der Waals surface area contributed by atoms with Crippen LogP contribution < -0.4 is 5.32 Å². The lowest BCUT2D eigenvalue weighted by atomic mass is 9.99. The van der Waals surface area contributed by atoms with E-state index >= 15 is 0 Å². The fourth-order valence-electron chi connectivity index (χ4n) is 7.62. The Morgan fingerprint density at radius 2 is 1.62 bits per heavy atom. The molecule has 4 aliphatic rings. The number of likely N-dealkylation sites (tertiary alicyclic amines) is 2. The number of benzene rings is 2. The number of carbonyl (C=O) groups excluding carboxylic acids is 3. The van der Waals surface area contributed by atoms with Crippen LogP contribution in [0, 0.1) is 6.92 Å². The molecule has 47 heavy (non-hydrogen) atoms. The second-order valence-electron chi connectivity index (χ2n) is 13.5. The molecule has 0 aliphatic carbocycles. The van der Waals surface area contributed by atoms with Gasteiger partial charge in [0, 0.05) is 83.1 Å². The van der Waals surface area contributed by atoms with Crippen molar-refractivity contribution in [1.82, 2.24) is 39.9 Å². The van der Waals surface area contributed by atoms with E-state index in [1.807, 2.05) is 53.1 Å². The van der Waals surface area contributed by atoms with Crippen molar-refractivity contribution < 1.29 is 19.1 Å². The normalized spacial score (nSPS) is 21.1. The summed E-state index contributed by atoms with van der Waals surface area (Å²) in [7, 11) is 2.16. The van der Waals surface area contributed by atoms with Crippen LogP contribution in [0.15, 0.2) is 36.4 Å². The number of hydrogen-bond donors (Lipinski definition) is 2. The molecule has 0 bridgehead atoms. The molecule has 3 saturated heterocycles. The van der Waals surface area contributed by atoms with E-state index < -0.39 is 12.2 Å². The molecule has 2 N–H and O–H groups in total. The molecule has 1 aromatic heterocycles. The predicted molar refractivity (Wildman–Crippen MR) is 177 cm³/mol. The summed E-state index contributed by atoms with van der Waals surface area (Å²) in [5.74, 6) is -0.147. The Bertz CT molecular complexity index is 1600. The maximum atomic E-state index is 14.1. The highest BCUT2D eigenvalue weighted by Gasteiger charge is 2.37. The van der Waals surface area contributed by atoms with E-state index in [1.54, 1.807) is 4.90 Å². The van der Waals surface area contributed by atoms with Crippen LogP contribution in [0.2, 0.25) is 0 Å². The van der Waals surface area contributed by atoms with Gasteiger partial charge in [-0.1, -0.05) is 24.3 Å². The Hall–Kier alpha value is -4.23. The lowest BCUT2D eigenvalue weighted by molar-refractivity contribution is -0.142. The Kier molecular flexibility index (Phi) is 9.00. The zero-order valence-electron chi connectivity index (χ0n) is 27.4. The van der Waals surface area contributed by atoms with Crippen LogP contribution in [0.25, 0.3) is 11.0 Å². The number of para-hydroxylation sites is 1. The van der Waals surface area contributed by atoms with Gasteiger partial charge < -0.3 is 29.7 Å². The number of ether oxygens (including phenoxy) is 1. The van der Waals surface area contributed by atoms with Crippen molar-refractivity contribution in [3.63, 3.8) is 0 Å². The summed E-state index contributed by atoms with van der Waals surface area (Å²) >= 11 is 0. The van der Waals surface area contributed by atoms with Crippen LogP contribution in [0.3, 0.4) is 0 Å². The Morgan fingerprint density at radius 1 is 0.915 bits per heavy atom. The second-order valence-corrected chi connectivity index (χ2v) is 13.5. The molecule has 250 valence electrons. The molecule has 0 unspecified atom stereocenters. The van der Waals surface area contributed by atoms with Gasteiger partial charge in [-0.3, -0.25) is 9.69 Å². The van der Waals surface area contributed by atoms with E-state index in [0.29, 0.717) is 51.6 Å². The van der Waals surface area contributed by atoms with Crippen molar-refractivity contribution in [2.75, 3.05) is 64.7 Å². The zero-order chi connectivity index (χ0) is 32.5. The van der Waals surface area contributed by atoms with Crippen LogP contribution in [0.1, 0.15) is 42.4 Å². The second kappa shape index (κ2) is 13.5. The Morgan fingerprint density at radius 3 is 2.38 bits per heavy atom. The third kappa shape index (κ3) is 6.77. The van der Waals surface area contributed by atoms with Gasteiger partial charge in [0.25, 0.3) is 5.91 Å². The van der Waals surface area contributed by atoms with Crippen molar-refractivity contribution in [3.05, 3.63) is 53.1 Å². The SMILES string of the molecule is Cc1cc(C[C@@H](OC(=O)N2CCC(N3Cc4ccccc4NC3=O)CC2)C(=O)N2CCC(N3CCN(C)CC3)CC2)cc2n[nH]nc12. The number of hydrogen-bond acceptors (Lipinski definition) is 8. The number of rotatable bonds is 6. The maximum absolute atomic E-state index is 14.1. The third-order valence-electron chi connectivity index (χ3n) is 10.5. The average Bonchev–Trinajstić information content (AvgIpc) is 3.57. The lowest BCUT2D eigenvalue weighted by Crippen LogP contribution is -2.55. The summed E-state index contributed by atoms with van der Waals surface area (Å²) in [6, 6.07) is 12.1. The molecule has 0 spiro atoms. The van der Waals surface area contributed by atoms with E-state index in [2.05, 4.69) is 37.6 Å². The molecule has 7 rings (SSSR count). The van der Waals surface area contributed by atoms with Gasteiger partial charge in [-0.2, -0.15) is 15.4 Å². The van der Waals surface area contributed by atoms with Crippen LogP contribution in [0.4, 0.5) is 15.3 Å². The molecule has 2 aromatic carbocycles. The summed E-state index contributed by atoms with van der Waals surface area (Å²) in [4.78, 5) is 50.9. The summed E-state index contributed by atoms with van der Waals surface area (Å²) in [5.41, 5.74) is 5.26. The third-order valence-corrected chi connectivity index (χ3v) is 10.5. The first kappa shape index (κ1) is 31.4. The van der Waals surface area contributed by atoms with Gasteiger partial charge in [0.2, 0.25) is 0 Å². The number of aryl methyl sites for hydroxylation is 1. The van der Waals surface area contributed by atoms with E-state index in [9.17, 15) is 14.4 Å². The summed E-state index contributed by atoms with van der Waals surface area (Å²) < 4.78 is 6.09. The number of fused-ring (bicyclic) bond motifs is 2. The molecule has 4 amide bonds. The number of urea groups is 1. The molecule has 0 saturated carbocycles. The number of piperazine rings is 1. The number of aromatic amines is 1. The number of amides is 4. The van der Waals surface area contributed by atoms with Gasteiger partial charge in [-0.25, -0.2) is 9.59 Å². The molecule has 4 aliphatic heterocycles. The van der Waals surface area contributed by atoms with Gasteiger partial charge in [0.15, 0.2) is 6.10 Å². The lowest BCUT2D eigenvalue weighted by Gasteiger charge is -2.42. The highest BCUT2D eigenvalue weighted by molar-refractivity contribution is 5.92. The Balaban J connectivity index is 1.00. The van der Waals surface area contributed by atoms with Crippen LogP contribution in [0.5, 0.6) is 0 Å². The van der Waals surface area contributed by atoms with E-state index in [0.717, 1.165) is 72.4 Å². The summed E-state index contributed by atoms with van der Waals surface area (Å²) in [6.45, 7) is 8.99. The molecule has 13 heteroatoms. The average molecular weight is 644 g/mol. The maximum Gasteiger partial charge on any atom is 0.410 e. The van der Waals surface area contributed by atoms with Crippen molar-refractivity contribution in [3.8, 4) is 0 Å². The fraction of sp³-hybridized carbons (Fsp3) is 0.559. The van der Waals surface area contributed by atoms with E-state index in [4.69, 9.17) is 4.74 Å². The molecular formula is C34H45N9O4. The number of aromatic nitrogens is 3. The Labute approximate surface area is 275 Å². The first-order valence-corrected chi connectivity index (χ1v) is 16.9. The number of nitrogens with one attached hydrogen (secondary N) is 2. The topological polar surface area (TPSA) is 130 Å². The van der Waals surface area contributed by atoms with Crippen LogP contribution in [-0.2, 0) is 22.5 Å². The van der Waals surface area contributed by atoms with Crippen molar-refractivity contribution in [1.29, 1.82) is 0 Å². The standard InChI is InChI=1S/C34H45N9O4/c1-23-19-24(20-29-31(23)37-38-36-29)21-30(32(44)41-11-7-26(8-12-41)40-17-15-39(2)16-18-40)47-34(46)42-13-9-27(10-14-42)43-22-25-5-3-4-6-28(25)35-33(43)45/h3-6,19-20,26-27,30H,7-18,21-22H2,1-2H3,(H,35,45)(H,36,37,38)/t30-/m1/s1. The van der Waals surface area contributed by atoms with Crippen molar-refractivity contribution >= 4 is 34.8 Å². The smallest absolute Gasteiger partial charge is 0.410 e. The minimum Gasteiger partial charge on any atom is -0.436 e. The van der Waals surface area contributed by atoms with Gasteiger partial charge in [0.1, 0.15) is 11.0 Å². The van der Waals surface area contributed by atoms with Crippen molar-refractivity contribution in [2.45, 2.75) is 63.8 Å².